The minimum Gasteiger partial charge on any atom is -0.347 e. The molecule has 0 saturated carbocycles. The second-order valence-electron chi connectivity index (χ2n) is 4.61. The Kier molecular flexibility index (Phi) is 6.07. The summed E-state index contributed by atoms with van der Waals surface area (Å²) in [5.41, 5.74) is 0.840. The van der Waals surface area contributed by atoms with Crippen LogP contribution >= 0.6 is 0 Å². The van der Waals surface area contributed by atoms with Crippen LogP contribution in [0.4, 0.5) is 0 Å². The molecule has 0 unspecified atom stereocenters. The van der Waals surface area contributed by atoms with E-state index in [1.54, 1.807) is 6.92 Å². The Labute approximate surface area is 116 Å². The molecule has 0 atom stereocenters. The normalized spacial score (nSPS) is 10.5. The Balaban J connectivity index is 3.33. The molecular weight excluding hydrogens is 234 g/mol. The van der Waals surface area contributed by atoms with Crippen LogP contribution in [0.5, 0.6) is 0 Å². The second-order valence-corrected chi connectivity index (χ2v) is 4.61. The molecule has 0 aliphatic carbocycles. The molecule has 0 radical (unpaired) electrons. The summed E-state index contributed by atoms with van der Waals surface area (Å²) in [6, 6.07) is 18.1. The van der Waals surface area contributed by atoms with E-state index in [2.05, 4.69) is 31.3 Å². The van der Waals surface area contributed by atoms with Gasteiger partial charge in [0.15, 0.2) is 0 Å². The van der Waals surface area contributed by atoms with Crippen molar-refractivity contribution in [2.45, 2.75) is 39.2 Å². The third-order valence-electron chi connectivity index (χ3n) is 3.39. The average Bonchev–Trinajstić information content (AvgIpc) is 2.42. The quantitative estimate of drug-likeness (QED) is 0.869. The molecule has 1 aromatic rings. The van der Waals surface area contributed by atoms with E-state index in [9.17, 15) is 4.79 Å². The van der Waals surface area contributed by atoms with Crippen molar-refractivity contribution in [3.05, 3.63) is 60.2 Å². The molecule has 0 saturated heterocycles. The minimum atomic E-state index is -0.288. The topological polar surface area (TPSA) is 29.1 Å². The number of nitrogens with one attached hydrogen (secondary N) is 1. The first-order valence-corrected chi connectivity index (χ1v) is 6.82. The lowest BCUT2D eigenvalue weighted by Gasteiger charge is -2.32. The van der Waals surface area contributed by atoms with Gasteiger partial charge in [0.1, 0.15) is 0 Å². The van der Waals surface area contributed by atoms with E-state index < -0.39 is 0 Å². The highest BCUT2D eigenvalue weighted by Crippen LogP contribution is 2.27. The van der Waals surface area contributed by atoms with Gasteiger partial charge in [-0.2, -0.15) is 0 Å². The zero-order valence-corrected chi connectivity index (χ0v) is 12.0. The van der Waals surface area contributed by atoms with E-state index in [4.69, 9.17) is 0 Å². The monoisotopic (exact) mass is 257 g/mol. The molecule has 2 heteroatoms. The van der Waals surface area contributed by atoms with Crippen molar-refractivity contribution >= 4 is 5.91 Å². The molecule has 2 nitrogen and oxygen atoms in total. The number of hydrogen-bond donors (Lipinski definition) is 1. The highest BCUT2D eigenvalue weighted by atomic mass is 16.1. The highest BCUT2D eigenvalue weighted by Gasteiger charge is 2.28. The van der Waals surface area contributed by atoms with Gasteiger partial charge in [0.05, 0.1) is 5.54 Å². The molecule has 102 valence electrons. The van der Waals surface area contributed by atoms with Gasteiger partial charge in [0, 0.05) is 6.92 Å². The predicted octanol–water partition coefficient (Wildman–Crippen LogP) is 3.96. The lowest BCUT2D eigenvalue weighted by molar-refractivity contribution is -0.121. The molecule has 0 aliphatic rings. The second kappa shape index (κ2) is 7.57. The molecule has 1 aromatic carbocycles. The molecule has 0 fully saturated rings. The van der Waals surface area contributed by atoms with E-state index in [1.807, 2.05) is 42.5 Å². The third-order valence-corrected chi connectivity index (χ3v) is 3.39. The molecule has 0 heterocycles. The fourth-order valence-electron chi connectivity index (χ4n) is 2.26. The minimum absolute atomic E-state index is 0.00881. The van der Waals surface area contributed by atoms with E-state index >= 15 is 0 Å². The lowest BCUT2D eigenvalue weighted by atomic mass is 9.85. The van der Waals surface area contributed by atoms with Crippen molar-refractivity contribution in [3.63, 3.8) is 0 Å². The molecule has 0 aliphatic heterocycles. The lowest BCUT2D eigenvalue weighted by Crippen LogP contribution is -2.43. The highest BCUT2D eigenvalue weighted by molar-refractivity contribution is 5.74. The Bertz CT molecular complexity index is 438. The Morgan fingerprint density at radius 2 is 1.37 bits per heavy atom. The summed E-state index contributed by atoms with van der Waals surface area (Å²) in [6.07, 6.45) is 1.74. The van der Waals surface area contributed by atoms with Crippen LogP contribution in [-0.2, 0) is 10.3 Å². The van der Waals surface area contributed by atoms with Gasteiger partial charge in [-0.05, 0) is 18.4 Å². The smallest absolute Gasteiger partial charge is 0.217 e. The summed E-state index contributed by atoms with van der Waals surface area (Å²) in [6.45, 7) is 5.78. The summed E-state index contributed by atoms with van der Waals surface area (Å²) < 4.78 is 0. The number of carbonyl (C=O) groups is 1. The van der Waals surface area contributed by atoms with Crippen LogP contribution in [0.25, 0.3) is 0 Å². The molecule has 1 rings (SSSR count). The summed E-state index contributed by atoms with van der Waals surface area (Å²) >= 11 is 0. The van der Waals surface area contributed by atoms with E-state index in [1.165, 1.54) is 0 Å². The van der Waals surface area contributed by atoms with E-state index in [0.29, 0.717) is 0 Å². The van der Waals surface area contributed by atoms with Crippen molar-refractivity contribution in [1.82, 2.24) is 5.32 Å². The maximum absolute atomic E-state index is 11.5. The molecule has 0 bridgehead atoms. The molecule has 0 spiro atoms. The van der Waals surface area contributed by atoms with Crippen LogP contribution in [0.1, 0.15) is 39.2 Å². The van der Waals surface area contributed by atoms with Crippen LogP contribution in [0, 0.1) is 0 Å². The third kappa shape index (κ3) is 4.40. The first-order chi connectivity index (χ1) is 9.14. The van der Waals surface area contributed by atoms with Gasteiger partial charge in [-0.3, -0.25) is 4.79 Å². The summed E-state index contributed by atoms with van der Waals surface area (Å²) in [4.78, 5) is 11.5. The number of hydrogen-bond acceptors (Lipinski definition) is 1. The fraction of sp³-hybridized carbons (Fsp3) is 0.353. The zero-order valence-electron chi connectivity index (χ0n) is 12.0. The molecule has 0 aromatic heterocycles. The van der Waals surface area contributed by atoms with Crippen LogP contribution in [0.2, 0.25) is 0 Å². The summed E-state index contributed by atoms with van der Waals surface area (Å²) in [7, 11) is 0. The van der Waals surface area contributed by atoms with Crippen molar-refractivity contribution < 1.29 is 4.79 Å². The molecule has 1 amide bonds. The standard InChI is InChI=1S/C17H23NO/c1-4-17(5-2,18-15(3)19)16-13-11-9-7-6-8-10-12-14-16/h6-14H,4-5H2,1-3H3,(H,18,19). The number of amides is 1. The van der Waals surface area contributed by atoms with Crippen LogP contribution in [0.3, 0.4) is 0 Å². The maximum Gasteiger partial charge on any atom is 0.217 e. The maximum atomic E-state index is 11.5. The first kappa shape index (κ1) is 15.2. The van der Waals surface area contributed by atoms with Crippen LogP contribution in [0.15, 0.2) is 54.6 Å². The largest absolute Gasteiger partial charge is 0.347 e. The van der Waals surface area contributed by atoms with Crippen LogP contribution in [-0.4, -0.2) is 5.91 Å². The molecule has 1 N–H and O–H groups in total. The Morgan fingerprint density at radius 1 is 0.947 bits per heavy atom. The number of rotatable bonds is 4. The number of carbonyl (C=O) groups excluding carboxylic acids is 1. The van der Waals surface area contributed by atoms with Gasteiger partial charge in [-0.15, -0.1) is 0 Å². The fourth-order valence-corrected chi connectivity index (χ4v) is 2.26. The van der Waals surface area contributed by atoms with Gasteiger partial charge in [0.25, 0.3) is 0 Å². The Hall–Kier alpha value is -1.83. The van der Waals surface area contributed by atoms with Crippen molar-refractivity contribution in [2.75, 3.05) is 0 Å². The molecular formula is C17H23NO. The molecule has 19 heavy (non-hydrogen) atoms. The van der Waals surface area contributed by atoms with Gasteiger partial charge in [0.2, 0.25) is 5.91 Å². The predicted molar refractivity (Wildman–Crippen MR) is 80.1 cm³/mol. The van der Waals surface area contributed by atoms with Crippen molar-refractivity contribution in [3.8, 4) is 0 Å². The Morgan fingerprint density at radius 3 is 1.74 bits per heavy atom. The summed E-state index contributed by atoms with van der Waals surface area (Å²) in [5, 5.41) is 3.11. The van der Waals surface area contributed by atoms with Gasteiger partial charge >= 0.3 is 0 Å². The zero-order chi connectivity index (χ0) is 14.1. The van der Waals surface area contributed by atoms with Crippen LogP contribution < -0.4 is 5.32 Å². The van der Waals surface area contributed by atoms with E-state index in [-0.39, 0.29) is 11.4 Å². The first-order valence-electron chi connectivity index (χ1n) is 6.82. The van der Waals surface area contributed by atoms with E-state index in [0.717, 1.165) is 18.4 Å². The average molecular weight is 257 g/mol. The van der Waals surface area contributed by atoms with Gasteiger partial charge in [-0.25, -0.2) is 0 Å². The van der Waals surface area contributed by atoms with Gasteiger partial charge < -0.3 is 5.32 Å². The van der Waals surface area contributed by atoms with Crippen molar-refractivity contribution in [2.24, 2.45) is 0 Å². The van der Waals surface area contributed by atoms with Crippen molar-refractivity contribution in [1.29, 1.82) is 0 Å². The van der Waals surface area contributed by atoms with Gasteiger partial charge in [-0.1, -0.05) is 68.4 Å². The SMILES string of the molecule is CCC(CC)(NC(C)=O)c1ccccccccc1. The summed E-state index contributed by atoms with van der Waals surface area (Å²) in [5.74, 6) is 0.00881.